The van der Waals surface area contributed by atoms with Crippen molar-refractivity contribution in [3.63, 3.8) is 0 Å². The van der Waals surface area contributed by atoms with Crippen LogP contribution in [-0.2, 0) is 28.7 Å². The molecule has 1 rings (SSSR count). The molecule has 11 heteroatoms. The third-order valence-electron chi connectivity index (χ3n) is 8.62. The maximum Gasteiger partial charge on any atom is 0.308 e. The molecule has 8 atom stereocenters. The van der Waals surface area contributed by atoms with Crippen molar-refractivity contribution in [3.05, 3.63) is 0 Å². The average Bonchev–Trinajstić information content (AvgIpc) is 3.39. The number of hydrogen-bond donors (Lipinski definition) is 2. The van der Waals surface area contributed by atoms with E-state index >= 15 is 0 Å². The van der Waals surface area contributed by atoms with Gasteiger partial charge in [-0.1, -0.05) is 34.1 Å². The molecule has 40 heavy (non-hydrogen) atoms. The van der Waals surface area contributed by atoms with E-state index in [-0.39, 0.29) is 42.0 Å². The van der Waals surface area contributed by atoms with Crippen LogP contribution in [0.2, 0.25) is 0 Å². The molecule has 1 aliphatic rings. The number of rotatable bonds is 16. The predicted octanol–water partition coefficient (Wildman–Crippen LogP) is 2.08. The zero-order chi connectivity index (χ0) is 30.9. The van der Waals surface area contributed by atoms with E-state index in [1.807, 2.05) is 41.8 Å². The third kappa shape index (κ3) is 8.88. The van der Waals surface area contributed by atoms with E-state index in [0.717, 1.165) is 12.8 Å². The Morgan fingerprint density at radius 1 is 1.02 bits per heavy atom. The first-order chi connectivity index (χ1) is 18.6. The maximum absolute atomic E-state index is 13.8. The van der Waals surface area contributed by atoms with Crippen molar-refractivity contribution in [3.8, 4) is 0 Å². The first-order valence-corrected chi connectivity index (χ1v) is 14.5. The topological polar surface area (TPSA) is 129 Å². The van der Waals surface area contributed by atoms with Crippen LogP contribution in [0.25, 0.3) is 0 Å². The van der Waals surface area contributed by atoms with E-state index in [2.05, 4.69) is 5.32 Å². The summed E-state index contributed by atoms with van der Waals surface area (Å²) in [6.07, 6.45) is 0.983. The first-order valence-electron chi connectivity index (χ1n) is 14.5. The van der Waals surface area contributed by atoms with Gasteiger partial charge in [0.25, 0.3) is 0 Å². The molecule has 1 fully saturated rings. The number of likely N-dealkylation sites (tertiary alicyclic amines) is 1. The molecule has 11 nitrogen and oxygen atoms in total. The summed E-state index contributed by atoms with van der Waals surface area (Å²) in [5.74, 6) is -2.50. The quantitative estimate of drug-likeness (QED) is 0.289. The number of ether oxygens (including phenoxy) is 2. The Morgan fingerprint density at radius 3 is 2.08 bits per heavy atom. The number of nitrogens with zero attached hydrogens (tertiary/aromatic N) is 3. The molecule has 0 radical (unpaired) electrons. The Bertz CT molecular complexity index is 852. The van der Waals surface area contributed by atoms with Gasteiger partial charge in [0.1, 0.15) is 6.04 Å². The van der Waals surface area contributed by atoms with Crippen LogP contribution < -0.4 is 5.32 Å². The number of nitrogens with one attached hydrogen (secondary N) is 1. The Labute approximate surface area is 240 Å². The average molecular weight is 571 g/mol. The molecule has 0 aromatic heterocycles. The van der Waals surface area contributed by atoms with E-state index in [1.54, 1.807) is 35.6 Å². The molecule has 0 aromatic rings. The van der Waals surface area contributed by atoms with Crippen molar-refractivity contribution in [2.45, 2.75) is 104 Å². The molecule has 1 saturated heterocycles. The second-order valence-corrected chi connectivity index (χ2v) is 11.8. The van der Waals surface area contributed by atoms with Crippen LogP contribution >= 0.6 is 0 Å². The second-order valence-electron chi connectivity index (χ2n) is 11.8. The fourth-order valence-electron chi connectivity index (χ4n) is 5.54. The van der Waals surface area contributed by atoms with Crippen LogP contribution in [0.1, 0.15) is 67.2 Å². The molecule has 1 aliphatic heterocycles. The normalized spacial score (nSPS) is 20.9. The molecule has 0 aromatic carbocycles. The molecular weight excluding hydrogens is 516 g/mol. The highest BCUT2D eigenvalue weighted by molar-refractivity contribution is 5.90. The lowest BCUT2D eigenvalue weighted by Crippen LogP contribution is -2.59. The van der Waals surface area contributed by atoms with Crippen LogP contribution in [0.3, 0.4) is 0 Å². The van der Waals surface area contributed by atoms with Gasteiger partial charge >= 0.3 is 5.97 Å². The van der Waals surface area contributed by atoms with Crippen molar-refractivity contribution < 1.29 is 33.8 Å². The first kappa shape index (κ1) is 35.8. The number of amides is 3. The van der Waals surface area contributed by atoms with E-state index < -0.39 is 42.2 Å². The van der Waals surface area contributed by atoms with Gasteiger partial charge in [-0.25, -0.2) is 0 Å². The Kier molecular flexibility index (Phi) is 14.6. The van der Waals surface area contributed by atoms with Crippen molar-refractivity contribution in [2.24, 2.45) is 17.8 Å². The van der Waals surface area contributed by atoms with Crippen LogP contribution in [0.5, 0.6) is 0 Å². The van der Waals surface area contributed by atoms with E-state index in [0.29, 0.717) is 13.0 Å². The minimum Gasteiger partial charge on any atom is -0.481 e. The smallest absolute Gasteiger partial charge is 0.308 e. The highest BCUT2D eigenvalue weighted by atomic mass is 16.5. The molecule has 0 unspecified atom stereocenters. The number of carbonyl (C=O) groups excluding carboxylic acids is 3. The van der Waals surface area contributed by atoms with Gasteiger partial charge < -0.3 is 29.7 Å². The molecule has 0 bridgehead atoms. The molecule has 1 heterocycles. The van der Waals surface area contributed by atoms with E-state index in [1.165, 1.54) is 14.2 Å². The molecule has 0 aliphatic carbocycles. The number of aliphatic carboxylic acids is 1. The number of hydrogen-bond acceptors (Lipinski definition) is 7. The zero-order valence-corrected chi connectivity index (χ0v) is 26.5. The number of likely N-dealkylation sites (N-methyl/N-ethyl adjacent to an activating group) is 2. The number of carboxylic acid groups (broad SMARTS) is 1. The van der Waals surface area contributed by atoms with Crippen LogP contribution in [0.4, 0.5) is 0 Å². The number of carbonyl (C=O) groups is 4. The van der Waals surface area contributed by atoms with Crippen LogP contribution in [0.15, 0.2) is 0 Å². The Morgan fingerprint density at radius 2 is 1.62 bits per heavy atom. The number of methoxy groups -OCH3 is 2. The molecule has 0 spiro atoms. The van der Waals surface area contributed by atoms with Gasteiger partial charge in [-0.3, -0.25) is 24.1 Å². The standard InChI is InChI=1S/C29H54N4O7/c1-12-18(4)25(32(9)28(36)24(17(2)3)30-27(35)20(6)31(7)8)22(39-10)16-23(34)33-15-13-14-21(33)26(40-11)19(5)29(37)38/h17-22,24-26H,12-16H2,1-11H3,(H,30,35)(H,37,38)/t18-,19+,20-,21-,22+,24-,25-,26+/m0/s1. The van der Waals surface area contributed by atoms with Gasteiger partial charge in [0.15, 0.2) is 0 Å². The fraction of sp³-hybridized carbons (Fsp3) is 0.862. The molecule has 232 valence electrons. The molecule has 3 amide bonds. The van der Waals surface area contributed by atoms with Crippen LogP contribution in [0, 0.1) is 17.8 Å². The fourth-order valence-corrected chi connectivity index (χ4v) is 5.54. The van der Waals surface area contributed by atoms with Crippen molar-refractivity contribution in [2.75, 3.05) is 41.9 Å². The SMILES string of the molecule is CC[C@H](C)[C@@H]([C@@H](CC(=O)N1CCC[C@H]1[C@H](OC)[C@@H](C)C(=O)O)OC)N(C)C(=O)[C@@H](NC(=O)[C@H](C)N(C)C)C(C)C. The molecule has 0 saturated carbocycles. The van der Waals surface area contributed by atoms with E-state index in [4.69, 9.17) is 9.47 Å². The zero-order valence-electron chi connectivity index (χ0n) is 26.5. The van der Waals surface area contributed by atoms with Gasteiger partial charge in [-0.15, -0.1) is 0 Å². The summed E-state index contributed by atoms with van der Waals surface area (Å²) in [5.41, 5.74) is 0. The Hall–Kier alpha value is -2.24. The van der Waals surface area contributed by atoms with Crippen molar-refractivity contribution in [1.29, 1.82) is 0 Å². The van der Waals surface area contributed by atoms with Crippen molar-refractivity contribution >= 4 is 23.7 Å². The maximum atomic E-state index is 13.8. The van der Waals surface area contributed by atoms with Crippen LogP contribution in [-0.4, -0.2) is 122 Å². The summed E-state index contributed by atoms with van der Waals surface area (Å²) in [7, 11) is 8.35. The highest BCUT2D eigenvalue weighted by Crippen LogP contribution is 2.29. The number of carboxylic acids is 1. The summed E-state index contributed by atoms with van der Waals surface area (Å²) in [6.45, 7) is 11.7. The summed E-state index contributed by atoms with van der Waals surface area (Å²) in [6, 6.07) is -1.90. The largest absolute Gasteiger partial charge is 0.481 e. The van der Waals surface area contributed by atoms with Gasteiger partial charge in [0, 0.05) is 27.8 Å². The van der Waals surface area contributed by atoms with Gasteiger partial charge in [-0.05, 0) is 52.6 Å². The minimum atomic E-state index is -0.968. The predicted molar refractivity (Wildman–Crippen MR) is 154 cm³/mol. The van der Waals surface area contributed by atoms with E-state index in [9.17, 15) is 24.3 Å². The lowest BCUT2D eigenvalue weighted by atomic mass is 9.89. The summed E-state index contributed by atoms with van der Waals surface area (Å²) in [4.78, 5) is 57.1. The van der Waals surface area contributed by atoms with Gasteiger partial charge in [0.2, 0.25) is 17.7 Å². The Balaban J connectivity index is 3.22. The molecule has 2 N–H and O–H groups in total. The summed E-state index contributed by atoms with van der Waals surface area (Å²) in [5, 5.41) is 12.5. The van der Waals surface area contributed by atoms with Crippen molar-refractivity contribution in [1.82, 2.24) is 20.0 Å². The molecular formula is C29H54N4O7. The second kappa shape index (κ2) is 16.3. The summed E-state index contributed by atoms with van der Waals surface area (Å²) < 4.78 is 11.4. The van der Waals surface area contributed by atoms with Gasteiger partial charge in [0.05, 0.1) is 42.7 Å². The monoisotopic (exact) mass is 570 g/mol. The highest BCUT2D eigenvalue weighted by Gasteiger charge is 2.42. The summed E-state index contributed by atoms with van der Waals surface area (Å²) >= 11 is 0. The third-order valence-corrected chi connectivity index (χ3v) is 8.62. The van der Waals surface area contributed by atoms with Gasteiger partial charge in [-0.2, -0.15) is 0 Å². The lowest BCUT2D eigenvalue weighted by Gasteiger charge is -2.41. The minimum absolute atomic E-state index is 0.00374. The lowest BCUT2D eigenvalue weighted by molar-refractivity contribution is -0.152.